The Bertz CT molecular complexity index is 820. The van der Waals surface area contributed by atoms with Gasteiger partial charge in [0.2, 0.25) is 0 Å². The molecule has 2 aliphatic heterocycles. The van der Waals surface area contributed by atoms with Crippen LogP contribution in [0.25, 0.3) is 0 Å². The van der Waals surface area contributed by atoms with Crippen molar-refractivity contribution in [3.8, 4) is 5.75 Å². The Morgan fingerprint density at radius 3 is 2.75 bits per heavy atom. The summed E-state index contributed by atoms with van der Waals surface area (Å²) in [6.07, 6.45) is 2.41. The molecule has 176 valence electrons. The Morgan fingerprint density at radius 2 is 2.03 bits per heavy atom. The van der Waals surface area contributed by atoms with Crippen LogP contribution in [0.4, 0.5) is 10.5 Å². The van der Waals surface area contributed by atoms with Gasteiger partial charge in [-0.3, -0.25) is 9.89 Å². The van der Waals surface area contributed by atoms with Gasteiger partial charge in [-0.05, 0) is 18.6 Å². The van der Waals surface area contributed by atoms with E-state index in [1.54, 1.807) is 25.3 Å². The molecule has 32 heavy (non-hydrogen) atoms. The van der Waals surface area contributed by atoms with Crippen LogP contribution in [0.3, 0.4) is 0 Å². The quantitative estimate of drug-likeness (QED) is 0.515. The number of carbonyl (C=O) groups is 1. The van der Waals surface area contributed by atoms with Gasteiger partial charge in [0.25, 0.3) is 0 Å². The summed E-state index contributed by atoms with van der Waals surface area (Å²) in [7, 11) is 3.39. The standard InChI is InChI=1S/C23H36N6O3/c1-25-15-18-16-29(10-8-20(18)24)23(31)26-9-7-19(30)17-27-11-13-28(14-12-27)21-5-3-4-6-22(21)32-2/h3-6,15,19,30H,7-14,16-17,24H2,1-2H3,(H,26,31). The zero-order valence-corrected chi connectivity index (χ0v) is 19.2. The fourth-order valence-electron chi connectivity index (χ4n) is 4.16. The van der Waals surface area contributed by atoms with Crippen LogP contribution in [-0.2, 0) is 0 Å². The van der Waals surface area contributed by atoms with Crippen molar-refractivity contribution in [2.45, 2.75) is 18.9 Å². The summed E-state index contributed by atoms with van der Waals surface area (Å²) in [5.41, 5.74) is 8.79. The molecule has 4 N–H and O–H groups in total. The third-order valence-electron chi connectivity index (χ3n) is 6.02. The summed E-state index contributed by atoms with van der Waals surface area (Å²) in [6, 6.07) is 7.93. The highest BCUT2D eigenvalue weighted by Gasteiger charge is 2.23. The topological polar surface area (TPSA) is 107 Å². The number of nitrogens with zero attached hydrogens (tertiary/aromatic N) is 4. The minimum absolute atomic E-state index is 0.128. The summed E-state index contributed by atoms with van der Waals surface area (Å²) >= 11 is 0. The number of aliphatic hydroxyl groups excluding tert-OH is 1. The molecule has 2 heterocycles. The van der Waals surface area contributed by atoms with Gasteiger partial charge in [-0.2, -0.15) is 0 Å². The van der Waals surface area contributed by atoms with Gasteiger partial charge in [-0.15, -0.1) is 0 Å². The number of β-amino-alcohol motifs (C(OH)–C–C–N with tert-alkyl or cyclic N) is 1. The van der Waals surface area contributed by atoms with Crippen molar-refractivity contribution < 1.29 is 14.6 Å². The fourth-order valence-corrected chi connectivity index (χ4v) is 4.16. The highest BCUT2D eigenvalue weighted by atomic mass is 16.5. The first-order chi connectivity index (χ1) is 15.5. The highest BCUT2D eigenvalue weighted by molar-refractivity contribution is 5.83. The number of nitrogens with one attached hydrogen (secondary N) is 1. The van der Waals surface area contributed by atoms with E-state index in [2.05, 4.69) is 26.2 Å². The van der Waals surface area contributed by atoms with E-state index in [4.69, 9.17) is 10.5 Å². The van der Waals surface area contributed by atoms with Crippen molar-refractivity contribution in [2.24, 2.45) is 10.7 Å². The first-order valence-corrected chi connectivity index (χ1v) is 11.2. The number of rotatable bonds is 8. The van der Waals surface area contributed by atoms with Gasteiger partial charge in [-0.1, -0.05) is 12.1 Å². The molecule has 1 atom stereocenters. The van der Waals surface area contributed by atoms with Gasteiger partial charge in [0.1, 0.15) is 5.75 Å². The number of nitrogens with two attached hydrogens (primary N) is 1. The Hall–Kier alpha value is -2.78. The van der Waals surface area contributed by atoms with E-state index in [0.717, 1.165) is 48.9 Å². The number of amides is 2. The smallest absolute Gasteiger partial charge is 0.317 e. The highest BCUT2D eigenvalue weighted by Crippen LogP contribution is 2.28. The molecule has 9 heteroatoms. The predicted octanol–water partition coefficient (Wildman–Crippen LogP) is 0.897. The lowest BCUT2D eigenvalue weighted by Gasteiger charge is -2.37. The molecule has 2 aliphatic rings. The molecule has 1 saturated heterocycles. The van der Waals surface area contributed by atoms with Crippen LogP contribution < -0.4 is 20.7 Å². The number of urea groups is 1. The van der Waals surface area contributed by atoms with Gasteiger partial charge in [0, 0.05) is 76.8 Å². The van der Waals surface area contributed by atoms with E-state index in [0.29, 0.717) is 39.0 Å². The lowest BCUT2D eigenvalue weighted by Crippen LogP contribution is -2.49. The first kappa shape index (κ1) is 23.9. The number of hydrogen-bond acceptors (Lipinski definition) is 7. The van der Waals surface area contributed by atoms with Gasteiger partial charge in [0.15, 0.2) is 0 Å². The summed E-state index contributed by atoms with van der Waals surface area (Å²) in [6.45, 7) is 5.64. The maximum Gasteiger partial charge on any atom is 0.317 e. The maximum atomic E-state index is 12.4. The number of ether oxygens (including phenoxy) is 1. The summed E-state index contributed by atoms with van der Waals surface area (Å²) in [4.78, 5) is 22.8. The van der Waals surface area contributed by atoms with E-state index in [9.17, 15) is 9.90 Å². The van der Waals surface area contributed by atoms with Crippen LogP contribution >= 0.6 is 0 Å². The number of methoxy groups -OCH3 is 1. The Labute approximate surface area is 190 Å². The van der Waals surface area contributed by atoms with E-state index in [1.165, 1.54) is 0 Å². The molecule has 1 fully saturated rings. The lowest BCUT2D eigenvalue weighted by atomic mass is 10.1. The molecule has 0 radical (unpaired) electrons. The Kier molecular flexibility index (Phi) is 8.75. The summed E-state index contributed by atoms with van der Waals surface area (Å²) < 4.78 is 5.47. The van der Waals surface area contributed by atoms with Gasteiger partial charge in [-0.25, -0.2) is 4.79 Å². The third-order valence-corrected chi connectivity index (χ3v) is 6.02. The molecule has 0 aliphatic carbocycles. The van der Waals surface area contributed by atoms with Crippen LogP contribution in [0.15, 0.2) is 40.5 Å². The zero-order chi connectivity index (χ0) is 22.9. The molecule has 9 nitrogen and oxygen atoms in total. The van der Waals surface area contributed by atoms with Gasteiger partial charge in [0.05, 0.1) is 25.4 Å². The third kappa shape index (κ3) is 6.37. The molecule has 0 aromatic heterocycles. The van der Waals surface area contributed by atoms with Crippen molar-refractivity contribution in [1.82, 2.24) is 15.1 Å². The van der Waals surface area contributed by atoms with Crippen molar-refractivity contribution in [1.29, 1.82) is 0 Å². The minimum Gasteiger partial charge on any atom is -0.495 e. The zero-order valence-electron chi connectivity index (χ0n) is 19.2. The summed E-state index contributed by atoms with van der Waals surface area (Å²) in [5.74, 6) is 0.887. The second-order valence-electron chi connectivity index (χ2n) is 8.24. The minimum atomic E-state index is -0.479. The number of benzene rings is 1. The Balaban J connectivity index is 1.36. The second-order valence-corrected chi connectivity index (χ2v) is 8.24. The van der Waals surface area contributed by atoms with E-state index in [-0.39, 0.29) is 6.03 Å². The molecule has 0 spiro atoms. The van der Waals surface area contributed by atoms with Crippen LogP contribution in [0.1, 0.15) is 12.8 Å². The molecule has 2 amide bonds. The van der Waals surface area contributed by atoms with Crippen molar-refractivity contribution >= 4 is 17.9 Å². The van der Waals surface area contributed by atoms with Crippen molar-refractivity contribution in [2.75, 3.05) is 71.4 Å². The molecule has 3 rings (SSSR count). The van der Waals surface area contributed by atoms with Crippen LogP contribution in [-0.4, -0.2) is 99.8 Å². The van der Waals surface area contributed by atoms with Crippen LogP contribution in [0.5, 0.6) is 5.75 Å². The predicted molar refractivity (Wildman–Crippen MR) is 127 cm³/mol. The fraction of sp³-hybridized carbons (Fsp3) is 0.565. The van der Waals surface area contributed by atoms with Gasteiger partial charge < -0.3 is 30.7 Å². The van der Waals surface area contributed by atoms with Crippen LogP contribution in [0, 0.1) is 0 Å². The number of hydrogen-bond donors (Lipinski definition) is 3. The second kappa shape index (κ2) is 11.7. The van der Waals surface area contributed by atoms with E-state index < -0.39 is 6.10 Å². The SMILES string of the molecule is CN=CC1=C(N)CCN(C(=O)NCCC(O)CN2CCN(c3ccccc3OC)CC2)C1. The van der Waals surface area contributed by atoms with Gasteiger partial charge >= 0.3 is 6.03 Å². The average Bonchev–Trinajstić information content (AvgIpc) is 2.81. The van der Waals surface area contributed by atoms with E-state index in [1.807, 2.05) is 18.2 Å². The molecule has 0 bridgehead atoms. The maximum absolute atomic E-state index is 12.4. The monoisotopic (exact) mass is 444 g/mol. The largest absolute Gasteiger partial charge is 0.495 e. The number of aliphatic imine (C=N–C) groups is 1. The van der Waals surface area contributed by atoms with Crippen molar-refractivity contribution in [3.05, 3.63) is 35.5 Å². The normalized spacial score (nSPS) is 18.8. The molecular formula is C23H36N6O3. The average molecular weight is 445 g/mol. The molecule has 1 aromatic carbocycles. The van der Waals surface area contributed by atoms with Crippen molar-refractivity contribution in [3.63, 3.8) is 0 Å². The van der Waals surface area contributed by atoms with Crippen LogP contribution in [0.2, 0.25) is 0 Å². The molecular weight excluding hydrogens is 408 g/mol. The number of piperazine rings is 1. The number of para-hydroxylation sites is 2. The Morgan fingerprint density at radius 1 is 1.28 bits per heavy atom. The number of anilines is 1. The van der Waals surface area contributed by atoms with E-state index >= 15 is 0 Å². The molecule has 1 aromatic rings. The number of aliphatic hydroxyl groups is 1. The molecule has 1 unspecified atom stereocenters. The first-order valence-electron chi connectivity index (χ1n) is 11.2. The number of carbonyl (C=O) groups excluding carboxylic acids is 1. The molecule has 0 saturated carbocycles. The summed E-state index contributed by atoms with van der Waals surface area (Å²) in [5, 5.41) is 13.4. The lowest BCUT2D eigenvalue weighted by molar-refractivity contribution is 0.102.